The zero-order valence-electron chi connectivity index (χ0n) is 11.1. The molecule has 0 aromatic heterocycles. The summed E-state index contributed by atoms with van der Waals surface area (Å²) in [6.45, 7) is 5.77. The average molecular weight is 284 g/mol. The number of nitrogens with two attached hydrogens (primary N) is 1. The van der Waals surface area contributed by atoms with Gasteiger partial charge in [0.1, 0.15) is 0 Å². The van der Waals surface area contributed by atoms with E-state index in [1.54, 1.807) is 18.2 Å². The van der Waals surface area contributed by atoms with Crippen LogP contribution in [0.5, 0.6) is 0 Å². The molecule has 0 saturated carbocycles. The number of carbonyl (C=O) groups is 1. The van der Waals surface area contributed by atoms with Crippen LogP contribution < -0.4 is 11.1 Å². The third kappa shape index (κ3) is 3.86. The Morgan fingerprint density at radius 3 is 2.58 bits per heavy atom. The maximum atomic E-state index is 12.0. The molecule has 0 aliphatic heterocycles. The van der Waals surface area contributed by atoms with Gasteiger partial charge < -0.3 is 16.3 Å². The quantitative estimate of drug-likeness (QED) is 0.343. The highest BCUT2D eigenvalue weighted by Gasteiger charge is 2.18. The van der Waals surface area contributed by atoms with E-state index in [0.717, 1.165) is 0 Å². The predicted molar refractivity (Wildman–Crippen MR) is 76.6 cm³/mol. The molecule has 1 aromatic carbocycles. The topological polar surface area (TPSA) is 87.7 Å². The molecule has 5 nitrogen and oxygen atoms in total. The largest absolute Gasteiger partial charge is 0.409 e. The van der Waals surface area contributed by atoms with E-state index in [1.165, 1.54) is 0 Å². The van der Waals surface area contributed by atoms with Gasteiger partial charge in [-0.15, -0.1) is 0 Å². The lowest BCUT2D eigenvalue weighted by Crippen LogP contribution is -2.26. The standard InChI is InChI=1S/C13H18ClN3O2/c1-7(2)8(3)13(18)16-11-6-9(14)4-5-10(11)12(15)17-19/h4-8,19H,1-3H3,(H2,15,17)(H,16,18). The van der Waals surface area contributed by atoms with Gasteiger partial charge >= 0.3 is 0 Å². The molecule has 0 radical (unpaired) electrons. The Morgan fingerprint density at radius 2 is 2.05 bits per heavy atom. The highest BCUT2D eigenvalue weighted by atomic mass is 35.5. The van der Waals surface area contributed by atoms with Crippen molar-refractivity contribution in [2.24, 2.45) is 22.7 Å². The molecule has 1 unspecified atom stereocenters. The molecular formula is C13H18ClN3O2. The first-order valence-corrected chi connectivity index (χ1v) is 6.33. The van der Waals surface area contributed by atoms with Gasteiger partial charge in [0, 0.05) is 16.5 Å². The molecule has 0 heterocycles. The number of hydrogen-bond acceptors (Lipinski definition) is 3. The van der Waals surface area contributed by atoms with Gasteiger partial charge in [-0.2, -0.15) is 0 Å². The van der Waals surface area contributed by atoms with Crippen LogP contribution in [0.1, 0.15) is 26.3 Å². The number of nitrogens with one attached hydrogen (secondary N) is 1. The maximum Gasteiger partial charge on any atom is 0.227 e. The molecule has 0 bridgehead atoms. The molecular weight excluding hydrogens is 266 g/mol. The zero-order valence-corrected chi connectivity index (χ0v) is 11.9. The minimum absolute atomic E-state index is 0.0795. The molecule has 19 heavy (non-hydrogen) atoms. The molecule has 0 aliphatic carbocycles. The fraction of sp³-hybridized carbons (Fsp3) is 0.385. The summed E-state index contributed by atoms with van der Waals surface area (Å²) in [4.78, 5) is 12.0. The number of benzene rings is 1. The van der Waals surface area contributed by atoms with E-state index in [1.807, 2.05) is 20.8 Å². The van der Waals surface area contributed by atoms with Crippen molar-refractivity contribution in [3.05, 3.63) is 28.8 Å². The predicted octanol–water partition coefficient (Wildman–Crippen LogP) is 2.67. The average Bonchev–Trinajstić information content (AvgIpc) is 2.36. The number of nitrogens with zero attached hydrogens (tertiary/aromatic N) is 1. The van der Waals surface area contributed by atoms with Crippen LogP contribution in [0.4, 0.5) is 5.69 Å². The second-order valence-corrected chi connectivity index (χ2v) is 5.13. The van der Waals surface area contributed by atoms with Gasteiger partial charge in [-0.3, -0.25) is 4.79 Å². The summed E-state index contributed by atoms with van der Waals surface area (Å²) in [5.41, 5.74) is 6.42. The molecule has 1 amide bonds. The molecule has 4 N–H and O–H groups in total. The fourth-order valence-corrected chi connectivity index (χ4v) is 1.62. The Morgan fingerprint density at radius 1 is 1.42 bits per heavy atom. The van der Waals surface area contributed by atoms with Gasteiger partial charge in [0.2, 0.25) is 5.91 Å². The lowest BCUT2D eigenvalue weighted by molar-refractivity contribution is -0.120. The molecule has 6 heteroatoms. The van der Waals surface area contributed by atoms with Gasteiger partial charge in [0.15, 0.2) is 5.84 Å². The van der Waals surface area contributed by atoms with E-state index in [4.69, 9.17) is 22.5 Å². The third-order valence-corrected chi connectivity index (χ3v) is 3.27. The molecule has 0 saturated heterocycles. The van der Waals surface area contributed by atoms with Gasteiger partial charge in [-0.05, 0) is 24.1 Å². The molecule has 104 valence electrons. The number of oxime groups is 1. The summed E-state index contributed by atoms with van der Waals surface area (Å²) in [5, 5.41) is 14.9. The van der Waals surface area contributed by atoms with Crippen molar-refractivity contribution in [1.29, 1.82) is 0 Å². The first-order valence-electron chi connectivity index (χ1n) is 5.95. The Kier molecular flexibility index (Phi) is 5.18. The van der Waals surface area contributed by atoms with Gasteiger partial charge in [0.05, 0.1) is 5.69 Å². The monoisotopic (exact) mass is 283 g/mol. The number of halogens is 1. The summed E-state index contributed by atoms with van der Waals surface area (Å²) < 4.78 is 0. The third-order valence-electron chi connectivity index (χ3n) is 3.04. The highest BCUT2D eigenvalue weighted by molar-refractivity contribution is 6.31. The first kappa shape index (κ1) is 15.3. The smallest absolute Gasteiger partial charge is 0.227 e. The van der Waals surface area contributed by atoms with Gasteiger partial charge in [-0.25, -0.2) is 0 Å². The molecule has 1 rings (SSSR count). The lowest BCUT2D eigenvalue weighted by Gasteiger charge is -2.17. The Bertz CT molecular complexity index is 501. The fourth-order valence-electron chi connectivity index (χ4n) is 1.45. The van der Waals surface area contributed by atoms with E-state index in [2.05, 4.69) is 10.5 Å². The van der Waals surface area contributed by atoms with E-state index in [-0.39, 0.29) is 23.6 Å². The Hall–Kier alpha value is -1.75. The van der Waals surface area contributed by atoms with Crippen molar-refractivity contribution in [2.75, 3.05) is 5.32 Å². The summed E-state index contributed by atoms with van der Waals surface area (Å²) in [5.74, 6) is -0.154. The lowest BCUT2D eigenvalue weighted by atomic mass is 9.97. The molecule has 0 fully saturated rings. The van der Waals surface area contributed by atoms with Crippen molar-refractivity contribution in [2.45, 2.75) is 20.8 Å². The number of amidine groups is 1. The van der Waals surface area contributed by atoms with Crippen LogP contribution in [0.3, 0.4) is 0 Å². The number of hydrogen-bond donors (Lipinski definition) is 3. The molecule has 0 aliphatic rings. The van der Waals surface area contributed by atoms with Crippen LogP contribution in [0.15, 0.2) is 23.4 Å². The van der Waals surface area contributed by atoms with Crippen LogP contribution in [0, 0.1) is 11.8 Å². The normalized spacial score (nSPS) is 13.4. The number of rotatable bonds is 4. The Labute approximate surface area is 117 Å². The molecule has 1 aromatic rings. The van der Waals surface area contributed by atoms with Crippen molar-refractivity contribution < 1.29 is 10.0 Å². The molecule has 0 spiro atoms. The van der Waals surface area contributed by atoms with E-state index >= 15 is 0 Å². The Balaban J connectivity index is 3.06. The highest BCUT2D eigenvalue weighted by Crippen LogP contribution is 2.22. The van der Waals surface area contributed by atoms with Crippen LogP contribution in [0.25, 0.3) is 0 Å². The van der Waals surface area contributed by atoms with Crippen LogP contribution in [-0.4, -0.2) is 17.0 Å². The number of carbonyl (C=O) groups excluding carboxylic acids is 1. The summed E-state index contributed by atoms with van der Waals surface area (Å²) >= 11 is 5.90. The number of amides is 1. The maximum absolute atomic E-state index is 12.0. The minimum Gasteiger partial charge on any atom is -0.409 e. The summed E-state index contributed by atoms with van der Waals surface area (Å²) in [6, 6.07) is 4.77. The molecule has 1 atom stereocenters. The van der Waals surface area contributed by atoms with Gasteiger partial charge in [0.25, 0.3) is 0 Å². The van der Waals surface area contributed by atoms with Crippen molar-refractivity contribution in [3.63, 3.8) is 0 Å². The second kappa shape index (κ2) is 6.43. The van der Waals surface area contributed by atoms with Crippen LogP contribution in [0.2, 0.25) is 5.02 Å². The van der Waals surface area contributed by atoms with Crippen molar-refractivity contribution in [3.8, 4) is 0 Å². The SMILES string of the molecule is CC(C)C(C)C(=O)Nc1cc(Cl)ccc1C(N)=NO. The van der Waals surface area contributed by atoms with Crippen molar-refractivity contribution >= 4 is 29.0 Å². The van der Waals surface area contributed by atoms with E-state index < -0.39 is 0 Å². The van der Waals surface area contributed by atoms with Crippen LogP contribution >= 0.6 is 11.6 Å². The first-order chi connectivity index (χ1) is 8.86. The number of anilines is 1. The summed E-state index contributed by atoms with van der Waals surface area (Å²) in [7, 11) is 0. The van der Waals surface area contributed by atoms with Crippen LogP contribution in [-0.2, 0) is 4.79 Å². The van der Waals surface area contributed by atoms with E-state index in [0.29, 0.717) is 16.3 Å². The van der Waals surface area contributed by atoms with Crippen molar-refractivity contribution in [1.82, 2.24) is 0 Å². The van der Waals surface area contributed by atoms with Gasteiger partial charge in [-0.1, -0.05) is 37.5 Å². The zero-order chi connectivity index (χ0) is 14.6. The van der Waals surface area contributed by atoms with E-state index in [9.17, 15) is 4.79 Å². The minimum atomic E-state index is -0.154. The summed E-state index contributed by atoms with van der Waals surface area (Å²) in [6.07, 6.45) is 0. The second-order valence-electron chi connectivity index (χ2n) is 4.70.